The largest absolute Gasteiger partial charge is 0.417 e. The molecule has 0 aromatic heterocycles. The van der Waals surface area contributed by atoms with Gasteiger partial charge in [0, 0.05) is 7.05 Å². The number of nitrogens with zero attached hydrogens (tertiary/aromatic N) is 3. The molecule has 0 spiro atoms. The lowest BCUT2D eigenvalue weighted by atomic mass is 9.89. The van der Waals surface area contributed by atoms with Crippen molar-refractivity contribution in [2.24, 2.45) is 0 Å². The Balaban J connectivity index is 2.16. The maximum absolute atomic E-state index is 13.5. The van der Waals surface area contributed by atoms with Gasteiger partial charge in [-0.05, 0) is 23.8 Å². The Morgan fingerprint density at radius 1 is 1.16 bits per heavy atom. The first kappa shape index (κ1) is 22.7. The minimum Gasteiger partial charge on any atom is -0.328 e. The van der Waals surface area contributed by atoms with Crippen molar-refractivity contribution in [1.82, 2.24) is 4.90 Å². The number of likely N-dealkylation sites (N-methyl/N-ethyl adjacent to an activating group) is 1. The van der Waals surface area contributed by atoms with E-state index in [9.17, 15) is 32.5 Å². The summed E-state index contributed by atoms with van der Waals surface area (Å²) in [6.45, 7) is -0.643. The van der Waals surface area contributed by atoms with Crippen LogP contribution in [-0.2, 0) is 21.0 Å². The summed E-state index contributed by atoms with van der Waals surface area (Å²) in [6, 6.07) is 10.8. The van der Waals surface area contributed by atoms with Crippen molar-refractivity contribution >= 4 is 26.2 Å². The first-order valence-corrected chi connectivity index (χ1v) is 9.80. The van der Waals surface area contributed by atoms with E-state index in [1.807, 2.05) is 0 Å². The molecule has 2 aromatic carbocycles. The Labute approximate surface area is 175 Å². The molecule has 2 N–H and O–H groups in total. The number of urea groups is 1. The van der Waals surface area contributed by atoms with Crippen LogP contribution in [0.3, 0.4) is 0 Å². The second-order valence-electron chi connectivity index (χ2n) is 6.57. The summed E-state index contributed by atoms with van der Waals surface area (Å²) >= 11 is 0. The predicted octanol–water partition coefficient (Wildman–Crippen LogP) is 3.10. The Hall–Kier alpha value is -3.03. The monoisotopic (exact) mass is 453 g/mol. The molecular weight excluding hydrogens is 438 g/mol. The molecule has 1 aliphatic heterocycles. The van der Waals surface area contributed by atoms with Crippen LogP contribution >= 0.6 is 8.60 Å². The third-order valence-corrected chi connectivity index (χ3v) is 5.30. The van der Waals surface area contributed by atoms with Gasteiger partial charge in [-0.15, -0.1) is 0 Å². The Bertz CT molecular complexity index is 1060. The van der Waals surface area contributed by atoms with Crippen molar-refractivity contribution in [3.63, 3.8) is 0 Å². The standard InChI is InChI=1S/C19H15F3N3O5P/c1-24-17(27)25(14-8-7-12(10-23)15(9-14)19(20,21)22)16(26)18(24,11-30-31(28)29)13-5-3-2-4-6-13/h2-9,28-29H,11H2,1H3. The molecule has 8 nitrogen and oxygen atoms in total. The summed E-state index contributed by atoms with van der Waals surface area (Å²) in [5, 5.41) is 8.97. The highest BCUT2D eigenvalue weighted by Gasteiger charge is 2.58. The van der Waals surface area contributed by atoms with Gasteiger partial charge in [-0.1, -0.05) is 30.3 Å². The molecule has 1 unspecified atom stereocenters. The van der Waals surface area contributed by atoms with Crippen molar-refractivity contribution in [3.8, 4) is 6.07 Å². The highest BCUT2D eigenvalue weighted by molar-refractivity contribution is 7.39. The lowest BCUT2D eigenvalue weighted by Gasteiger charge is -2.32. The van der Waals surface area contributed by atoms with Gasteiger partial charge in [-0.25, -0.2) is 9.69 Å². The van der Waals surface area contributed by atoms with Crippen LogP contribution in [0.4, 0.5) is 23.7 Å². The molecule has 1 saturated heterocycles. The molecular formula is C19H15F3N3O5P. The van der Waals surface area contributed by atoms with E-state index in [4.69, 9.17) is 9.79 Å². The molecule has 0 radical (unpaired) electrons. The molecule has 31 heavy (non-hydrogen) atoms. The maximum atomic E-state index is 13.5. The summed E-state index contributed by atoms with van der Waals surface area (Å²) in [5.41, 5.74) is -3.93. The Morgan fingerprint density at radius 3 is 2.35 bits per heavy atom. The fourth-order valence-electron chi connectivity index (χ4n) is 3.38. The number of nitriles is 1. The maximum Gasteiger partial charge on any atom is 0.417 e. The van der Waals surface area contributed by atoms with Crippen molar-refractivity contribution in [2.45, 2.75) is 11.7 Å². The number of rotatable bonds is 5. The van der Waals surface area contributed by atoms with E-state index in [2.05, 4.69) is 0 Å². The molecule has 12 heteroatoms. The van der Waals surface area contributed by atoms with Gasteiger partial charge in [0.05, 0.1) is 29.5 Å². The molecule has 0 saturated carbocycles. The number of carbonyl (C=O) groups excluding carboxylic acids is 2. The van der Waals surface area contributed by atoms with E-state index in [1.54, 1.807) is 18.2 Å². The molecule has 3 amide bonds. The topological polar surface area (TPSA) is 114 Å². The Morgan fingerprint density at radius 2 is 1.81 bits per heavy atom. The molecule has 162 valence electrons. The van der Waals surface area contributed by atoms with Crippen molar-refractivity contribution in [2.75, 3.05) is 18.6 Å². The van der Waals surface area contributed by atoms with Gasteiger partial charge in [-0.3, -0.25) is 4.79 Å². The van der Waals surface area contributed by atoms with E-state index in [0.717, 1.165) is 17.0 Å². The van der Waals surface area contributed by atoms with Crippen molar-refractivity contribution in [1.29, 1.82) is 5.26 Å². The normalized spacial score (nSPS) is 19.3. The van der Waals surface area contributed by atoms with Gasteiger partial charge < -0.3 is 19.2 Å². The van der Waals surface area contributed by atoms with Gasteiger partial charge >= 0.3 is 20.8 Å². The van der Waals surface area contributed by atoms with E-state index in [0.29, 0.717) is 11.0 Å². The van der Waals surface area contributed by atoms with E-state index in [1.165, 1.54) is 25.2 Å². The number of hydrogen-bond donors (Lipinski definition) is 2. The van der Waals surface area contributed by atoms with Crippen molar-refractivity contribution < 1.29 is 37.1 Å². The van der Waals surface area contributed by atoms with Crippen LogP contribution < -0.4 is 4.90 Å². The number of halogens is 3. The second-order valence-corrected chi connectivity index (χ2v) is 7.34. The lowest BCUT2D eigenvalue weighted by molar-refractivity contribution is -0.137. The molecule has 3 rings (SSSR count). The van der Waals surface area contributed by atoms with Gasteiger partial charge in [0.25, 0.3) is 5.91 Å². The average Bonchev–Trinajstić information content (AvgIpc) is 2.92. The zero-order valence-corrected chi connectivity index (χ0v) is 16.8. The first-order valence-electron chi connectivity index (χ1n) is 8.64. The highest BCUT2D eigenvalue weighted by Crippen LogP contribution is 2.43. The van der Waals surface area contributed by atoms with Crippen LogP contribution in [0, 0.1) is 11.3 Å². The smallest absolute Gasteiger partial charge is 0.328 e. The average molecular weight is 453 g/mol. The third-order valence-electron chi connectivity index (χ3n) is 4.94. The van der Waals surface area contributed by atoms with Crippen LogP contribution in [0.2, 0.25) is 0 Å². The van der Waals surface area contributed by atoms with Crippen molar-refractivity contribution in [3.05, 3.63) is 65.2 Å². The van der Waals surface area contributed by atoms with Crippen LogP contribution in [-0.4, -0.2) is 40.3 Å². The summed E-state index contributed by atoms with van der Waals surface area (Å²) < 4.78 is 45.0. The first-order chi connectivity index (χ1) is 14.5. The number of imide groups is 1. The van der Waals surface area contributed by atoms with E-state index < -0.39 is 50.0 Å². The number of amides is 3. The number of carbonyl (C=O) groups is 2. The molecule has 1 fully saturated rings. The van der Waals surface area contributed by atoms with Gasteiger partial charge in [0.2, 0.25) is 0 Å². The molecule has 2 aromatic rings. The van der Waals surface area contributed by atoms with Gasteiger partial charge in [0.15, 0.2) is 5.54 Å². The minimum atomic E-state index is -4.89. The fourth-order valence-corrected chi connectivity index (χ4v) is 3.69. The fraction of sp³-hybridized carbons (Fsp3) is 0.211. The number of hydrogen-bond acceptors (Lipinski definition) is 6. The van der Waals surface area contributed by atoms with Gasteiger partial charge in [-0.2, -0.15) is 18.4 Å². The summed E-state index contributed by atoms with van der Waals surface area (Å²) in [5.74, 6) is -0.944. The van der Waals surface area contributed by atoms with Crippen LogP contribution in [0.15, 0.2) is 48.5 Å². The molecule has 1 atom stereocenters. The van der Waals surface area contributed by atoms with E-state index in [-0.39, 0.29) is 11.3 Å². The molecule has 1 heterocycles. The molecule has 0 bridgehead atoms. The zero-order chi connectivity index (χ0) is 23.0. The second kappa shape index (κ2) is 8.24. The SMILES string of the molecule is CN1C(=O)N(c2ccc(C#N)c(C(F)(F)F)c2)C(=O)C1(COP(O)O)c1ccccc1. The Kier molecular flexibility index (Phi) is 6.02. The lowest BCUT2D eigenvalue weighted by Crippen LogP contribution is -2.48. The third kappa shape index (κ3) is 3.86. The van der Waals surface area contributed by atoms with Gasteiger partial charge in [0.1, 0.15) is 0 Å². The quantitative estimate of drug-likeness (QED) is 0.531. The number of alkyl halides is 3. The number of anilines is 1. The predicted molar refractivity (Wildman–Crippen MR) is 102 cm³/mol. The molecule has 0 aliphatic carbocycles. The summed E-state index contributed by atoms with van der Waals surface area (Å²) in [6.07, 6.45) is -4.89. The summed E-state index contributed by atoms with van der Waals surface area (Å²) in [4.78, 5) is 46.3. The zero-order valence-electron chi connectivity index (χ0n) is 15.9. The van der Waals surface area contributed by atoms with Crippen LogP contribution in [0.5, 0.6) is 0 Å². The van der Waals surface area contributed by atoms with Crippen LogP contribution in [0.1, 0.15) is 16.7 Å². The number of benzene rings is 2. The minimum absolute atomic E-state index is 0.264. The summed E-state index contributed by atoms with van der Waals surface area (Å²) in [7, 11) is -1.63. The van der Waals surface area contributed by atoms with Crippen LogP contribution in [0.25, 0.3) is 0 Å². The highest BCUT2D eigenvalue weighted by atomic mass is 31.2. The van der Waals surface area contributed by atoms with E-state index >= 15 is 0 Å². The molecule has 1 aliphatic rings.